The van der Waals surface area contributed by atoms with Gasteiger partial charge in [0.05, 0.1) is 18.4 Å². The number of thiocarbonyl (C=S) groups is 1. The van der Waals surface area contributed by atoms with Crippen LogP contribution in [-0.4, -0.2) is 31.2 Å². The molecular weight excluding hydrogens is 437 g/mol. The Balaban J connectivity index is 1.24. The maximum atomic E-state index is 13.0. The average molecular weight is 463 g/mol. The molecule has 1 fully saturated rings. The van der Waals surface area contributed by atoms with Crippen LogP contribution in [0.4, 0.5) is 18.9 Å². The molecule has 2 N–H and O–H groups in total. The molecule has 0 atom stereocenters. The number of halogens is 3. The van der Waals surface area contributed by atoms with Gasteiger partial charge >= 0.3 is 6.18 Å². The largest absolute Gasteiger partial charge is 0.435 e. The van der Waals surface area contributed by atoms with Crippen molar-refractivity contribution in [3.8, 4) is 0 Å². The lowest BCUT2D eigenvalue weighted by atomic mass is 10.1. The van der Waals surface area contributed by atoms with Gasteiger partial charge in [-0.15, -0.1) is 0 Å². The molecule has 2 aromatic heterocycles. The van der Waals surface area contributed by atoms with Crippen LogP contribution in [0.3, 0.4) is 0 Å². The predicted molar refractivity (Wildman–Crippen MR) is 121 cm³/mol. The van der Waals surface area contributed by atoms with Gasteiger partial charge in [0, 0.05) is 30.9 Å². The molecule has 0 aliphatic heterocycles. The quantitative estimate of drug-likeness (QED) is 0.375. The average Bonchev–Trinajstić information content (AvgIpc) is 3.33. The Bertz CT molecular complexity index is 1080. The van der Waals surface area contributed by atoms with Crippen LogP contribution >= 0.6 is 12.2 Å². The van der Waals surface area contributed by atoms with Crippen LogP contribution in [0.5, 0.6) is 0 Å². The summed E-state index contributed by atoms with van der Waals surface area (Å²) in [5, 5.41) is 14.8. The molecule has 10 heteroatoms. The molecule has 0 amide bonds. The van der Waals surface area contributed by atoms with Crippen molar-refractivity contribution in [2.75, 3.05) is 11.9 Å². The minimum absolute atomic E-state index is 0.200. The summed E-state index contributed by atoms with van der Waals surface area (Å²) in [4.78, 5) is 0. The summed E-state index contributed by atoms with van der Waals surface area (Å²) in [5.74, 6) is 0.200. The number of alkyl halides is 3. The number of nitrogens with zero attached hydrogens (tertiary/aromatic N) is 4. The Morgan fingerprint density at radius 3 is 2.75 bits per heavy atom. The van der Waals surface area contributed by atoms with Crippen LogP contribution < -0.4 is 10.6 Å². The van der Waals surface area contributed by atoms with Crippen molar-refractivity contribution < 1.29 is 13.2 Å². The highest BCUT2D eigenvalue weighted by atomic mass is 32.1. The van der Waals surface area contributed by atoms with Gasteiger partial charge in [-0.05, 0) is 55.6 Å². The van der Waals surface area contributed by atoms with Gasteiger partial charge in [0.1, 0.15) is 0 Å². The second-order valence-electron chi connectivity index (χ2n) is 8.04. The smallest absolute Gasteiger partial charge is 0.362 e. The number of nitrogens with one attached hydrogen (secondary N) is 2. The molecule has 1 aromatic carbocycles. The fourth-order valence-corrected chi connectivity index (χ4v) is 3.76. The summed E-state index contributed by atoms with van der Waals surface area (Å²) in [5.41, 5.74) is 3.04. The highest BCUT2D eigenvalue weighted by molar-refractivity contribution is 7.80. The third kappa shape index (κ3) is 5.67. The third-order valence-electron chi connectivity index (χ3n) is 5.41. The lowest BCUT2D eigenvalue weighted by Crippen LogP contribution is -2.29. The summed E-state index contributed by atoms with van der Waals surface area (Å²) in [7, 11) is 0. The molecule has 0 bridgehead atoms. The SMILES string of the molecule is Cc1ccccc1Cn1cc(NC(=S)NCCCn2nc(C(F)(F)F)cc2C2CC2)cn1. The van der Waals surface area contributed by atoms with Crippen LogP contribution in [0.1, 0.15) is 47.7 Å². The van der Waals surface area contributed by atoms with E-state index >= 15 is 0 Å². The molecule has 32 heavy (non-hydrogen) atoms. The van der Waals surface area contributed by atoms with Gasteiger partial charge in [0.25, 0.3) is 0 Å². The van der Waals surface area contributed by atoms with Gasteiger partial charge in [0.2, 0.25) is 0 Å². The van der Waals surface area contributed by atoms with E-state index in [1.807, 2.05) is 23.0 Å². The zero-order chi connectivity index (χ0) is 22.7. The molecule has 1 saturated carbocycles. The van der Waals surface area contributed by atoms with E-state index in [-0.39, 0.29) is 5.92 Å². The Kier molecular flexibility index (Phi) is 6.50. The standard InChI is InChI=1S/C22H25F3N6S/c1-15-5-2-3-6-17(15)13-30-14-18(12-27-30)28-21(32)26-9-4-10-31-19(16-7-8-16)11-20(29-31)22(23,24)25/h2-3,5-6,11-12,14,16H,4,7-10,13H2,1H3,(H2,26,28,32). The lowest BCUT2D eigenvalue weighted by Gasteiger charge is -2.10. The number of aryl methyl sites for hydroxylation is 2. The Morgan fingerprint density at radius 1 is 1.25 bits per heavy atom. The van der Waals surface area contributed by atoms with Gasteiger partial charge in [0.15, 0.2) is 10.8 Å². The van der Waals surface area contributed by atoms with E-state index in [9.17, 15) is 13.2 Å². The molecule has 0 saturated heterocycles. The molecule has 4 rings (SSSR count). The fraction of sp³-hybridized carbons (Fsp3) is 0.409. The first-order chi connectivity index (χ1) is 15.3. The molecule has 3 aromatic rings. The summed E-state index contributed by atoms with van der Waals surface area (Å²) in [6.07, 6.45) is 1.62. The van der Waals surface area contributed by atoms with Crippen LogP contribution in [0.2, 0.25) is 0 Å². The minimum atomic E-state index is -4.41. The molecule has 1 aliphatic carbocycles. The minimum Gasteiger partial charge on any atom is -0.362 e. The van der Waals surface area contributed by atoms with E-state index in [1.165, 1.54) is 21.9 Å². The van der Waals surface area contributed by atoms with E-state index in [2.05, 4.69) is 39.9 Å². The molecule has 170 valence electrons. The van der Waals surface area contributed by atoms with Crippen molar-refractivity contribution in [3.05, 3.63) is 65.2 Å². The number of benzene rings is 1. The first kappa shape index (κ1) is 22.3. The summed E-state index contributed by atoms with van der Waals surface area (Å²) >= 11 is 5.33. The third-order valence-corrected chi connectivity index (χ3v) is 5.66. The molecule has 0 unspecified atom stereocenters. The van der Waals surface area contributed by atoms with Crippen molar-refractivity contribution in [3.63, 3.8) is 0 Å². The molecule has 1 aliphatic rings. The number of rotatable bonds is 8. The first-order valence-corrected chi connectivity index (χ1v) is 11.0. The zero-order valence-corrected chi connectivity index (χ0v) is 18.5. The number of hydrogen-bond donors (Lipinski definition) is 2. The summed E-state index contributed by atoms with van der Waals surface area (Å²) in [6.45, 7) is 3.67. The van der Waals surface area contributed by atoms with E-state index in [0.717, 1.165) is 18.5 Å². The molecule has 0 spiro atoms. The van der Waals surface area contributed by atoms with Crippen LogP contribution in [0.15, 0.2) is 42.7 Å². The lowest BCUT2D eigenvalue weighted by molar-refractivity contribution is -0.141. The topological polar surface area (TPSA) is 59.7 Å². The van der Waals surface area contributed by atoms with E-state index < -0.39 is 11.9 Å². The maximum absolute atomic E-state index is 13.0. The highest BCUT2D eigenvalue weighted by Gasteiger charge is 2.37. The number of aromatic nitrogens is 4. The Morgan fingerprint density at radius 2 is 2.03 bits per heavy atom. The van der Waals surface area contributed by atoms with Crippen LogP contribution in [0, 0.1) is 6.92 Å². The van der Waals surface area contributed by atoms with Gasteiger partial charge < -0.3 is 10.6 Å². The van der Waals surface area contributed by atoms with Gasteiger partial charge in [-0.3, -0.25) is 9.36 Å². The Labute approximate surface area is 189 Å². The Hall–Kier alpha value is -2.88. The summed E-state index contributed by atoms with van der Waals surface area (Å²) < 4.78 is 42.3. The second kappa shape index (κ2) is 9.32. The fourth-order valence-electron chi connectivity index (χ4n) is 3.54. The molecule has 2 heterocycles. The molecule has 0 radical (unpaired) electrons. The highest BCUT2D eigenvalue weighted by Crippen LogP contribution is 2.42. The van der Waals surface area contributed by atoms with E-state index in [0.29, 0.717) is 36.9 Å². The van der Waals surface area contributed by atoms with Crippen LogP contribution in [0.25, 0.3) is 0 Å². The zero-order valence-electron chi connectivity index (χ0n) is 17.7. The second-order valence-corrected chi connectivity index (χ2v) is 8.45. The predicted octanol–water partition coefficient (Wildman–Crippen LogP) is 4.71. The normalized spacial score (nSPS) is 13.9. The molecular formula is C22H25F3N6S. The van der Waals surface area contributed by atoms with Crippen molar-refractivity contribution in [1.82, 2.24) is 24.9 Å². The van der Waals surface area contributed by atoms with Crippen molar-refractivity contribution in [1.29, 1.82) is 0 Å². The van der Waals surface area contributed by atoms with E-state index in [1.54, 1.807) is 6.20 Å². The van der Waals surface area contributed by atoms with E-state index in [4.69, 9.17) is 12.2 Å². The monoisotopic (exact) mass is 462 g/mol. The number of hydrogen-bond acceptors (Lipinski definition) is 3. The number of anilines is 1. The van der Waals surface area contributed by atoms with Crippen molar-refractivity contribution in [2.45, 2.75) is 51.4 Å². The van der Waals surface area contributed by atoms with Gasteiger partial charge in [-0.1, -0.05) is 24.3 Å². The summed E-state index contributed by atoms with van der Waals surface area (Å²) in [6, 6.07) is 9.34. The van der Waals surface area contributed by atoms with Gasteiger partial charge in [-0.2, -0.15) is 23.4 Å². The van der Waals surface area contributed by atoms with Crippen LogP contribution in [-0.2, 0) is 19.3 Å². The molecule has 6 nitrogen and oxygen atoms in total. The van der Waals surface area contributed by atoms with Crippen molar-refractivity contribution >= 4 is 23.0 Å². The van der Waals surface area contributed by atoms with Crippen molar-refractivity contribution in [2.24, 2.45) is 0 Å². The maximum Gasteiger partial charge on any atom is 0.435 e. The van der Waals surface area contributed by atoms with Gasteiger partial charge in [-0.25, -0.2) is 0 Å². The first-order valence-electron chi connectivity index (χ1n) is 10.6.